The van der Waals surface area contributed by atoms with Crippen LogP contribution in [-0.2, 0) is 0 Å². The first-order valence-electron chi connectivity index (χ1n) is 3.97. The van der Waals surface area contributed by atoms with E-state index in [-0.39, 0.29) is 19.7 Å². The lowest BCUT2D eigenvalue weighted by molar-refractivity contribution is -0.137. The second-order valence-corrected chi connectivity index (χ2v) is 3.07. The Morgan fingerprint density at radius 1 is 1.46 bits per heavy atom. The van der Waals surface area contributed by atoms with Crippen molar-refractivity contribution in [1.29, 1.82) is 0 Å². The first-order valence-corrected chi connectivity index (χ1v) is 3.97. The molecule has 0 aliphatic rings. The molecule has 13 heavy (non-hydrogen) atoms. The van der Waals surface area contributed by atoms with Gasteiger partial charge in [0.15, 0.2) is 0 Å². The minimum atomic E-state index is -4.13. The summed E-state index contributed by atoms with van der Waals surface area (Å²) in [5.41, 5.74) is 5.34. The monoisotopic (exact) mass is 200 g/mol. The molecule has 0 aromatic heterocycles. The summed E-state index contributed by atoms with van der Waals surface area (Å²) >= 11 is 0. The van der Waals surface area contributed by atoms with E-state index in [1.165, 1.54) is 4.90 Å². The van der Waals surface area contributed by atoms with Crippen LogP contribution < -0.4 is 5.73 Å². The van der Waals surface area contributed by atoms with Crippen molar-refractivity contribution in [3.8, 4) is 0 Å². The molecular weight excluding hydrogens is 185 g/mol. The van der Waals surface area contributed by atoms with Crippen LogP contribution in [0.4, 0.5) is 13.2 Å². The molecule has 3 N–H and O–H groups in total. The highest BCUT2D eigenvalue weighted by Gasteiger charge is 2.27. The van der Waals surface area contributed by atoms with Crippen molar-refractivity contribution in [2.45, 2.75) is 18.6 Å². The van der Waals surface area contributed by atoms with Crippen molar-refractivity contribution in [2.24, 2.45) is 5.73 Å². The van der Waals surface area contributed by atoms with E-state index >= 15 is 0 Å². The van der Waals surface area contributed by atoms with Crippen molar-refractivity contribution in [3.05, 3.63) is 0 Å². The van der Waals surface area contributed by atoms with Gasteiger partial charge < -0.3 is 15.7 Å². The lowest BCUT2D eigenvalue weighted by Gasteiger charge is -2.20. The maximum absolute atomic E-state index is 11.7. The molecule has 0 saturated carbocycles. The number of rotatable bonds is 5. The number of nitrogens with zero attached hydrogens (tertiary/aromatic N) is 1. The number of likely N-dealkylation sites (N-methyl/N-ethyl adjacent to an activating group) is 1. The van der Waals surface area contributed by atoms with Gasteiger partial charge in [0.25, 0.3) is 0 Å². The van der Waals surface area contributed by atoms with E-state index in [0.29, 0.717) is 0 Å². The molecule has 0 bridgehead atoms. The summed E-state index contributed by atoms with van der Waals surface area (Å²) < 4.78 is 35.2. The van der Waals surface area contributed by atoms with Crippen LogP contribution in [0.25, 0.3) is 0 Å². The van der Waals surface area contributed by atoms with Gasteiger partial charge in [0.2, 0.25) is 0 Å². The molecule has 1 unspecified atom stereocenters. The van der Waals surface area contributed by atoms with Crippen molar-refractivity contribution in [2.75, 3.05) is 26.7 Å². The topological polar surface area (TPSA) is 49.5 Å². The van der Waals surface area contributed by atoms with Crippen LogP contribution in [-0.4, -0.2) is 49.0 Å². The Hall–Kier alpha value is -0.330. The van der Waals surface area contributed by atoms with Gasteiger partial charge in [-0.05, 0) is 7.05 Å². The summed E-state index contributed by atoms with van der Waals surface area (Å²) in [7, 11) is 1.54. The van der Waals surface area contributed by atoms with Crippen LogP contribution in [0.15, 0.2) is 0 Å². The maximum atomic E-state index is 11.7. The molecule has 0 saturated heterocycles. The van der Waals surface area contributed by atoms with Gasteiger partial charge in [-0.3, -0.25) is 0 Å². The average molecular weight is 200 g/mol. The predicted molar refractivity (Wildman–Crippen MR) is 43.2 cm³/mol. The highest BCUT2D eigenvalue weighted by molar-refractivity contribution is 4.65. The molecule has 0 fully saturated rings. The molecular formula is C7H15F3N2O. The summed E-state index contributed by atoms with van der Waals surface area (Å²) in [5.74, 6) is 0. The highest BCUT2D eigenvalue weighted by Crippen LogP contribution is 2.19. The third kappa shape index (κ3) is 8.01. The molecule has 0 aromatic carbocycles. The zero-order valence-electron chi connectivity index (χ0n) is 7.51. The van der Waals surface area contributed by atoms with Gasteiger partial charge >= 0.3 is 6.18 Å². The smallest absolute Gasteiger partial charge is 0.390 e. The first kappa shape index (κ1) is 12.7. The maximum Gasteiger partial charge on any atom is 0.390 e. The molecule has 6 heteroatoms. The van der Waals surface area contributed by atoms with Crippen molar-refractivity contribution in [3.63, 3.8) is 0 Å². The average Bonchev–Trinajstić information content (AvgIpc) is 1.99. The van der Waals surface area contributed by atoms with Gasteiger partial charge in [-0.25, -0.2) is 0 Å². The third-order valence-corrected chi connectivity index (χ3v) is 1.56. The zero-order chi connectivity index (χ0) is 10.5. The molecule has 0 aliphatic heterocycles. The van der Waals surface area contributed by atoms with E-state index in [4.69, 9.17) is 10.8 Å². The van der Waals surface area contributed by atoms with Gasteiger partial charge in [0.05, 0.1) is 13.0 Å². The van der Waals surface area contributed by atoms with Crippen LogP contribution in [0, 0.1) is 0 Å². The summed E-state index contributed by atoms with van der Waals surface area (Å²) in [6, 6.07) is -0.474. The van der Waals surface area contributed by atoms with E-state index in [1.807, 2.05) is 0 Å². The van der Waals surface area contributed by atoms with Gasteiger partial charge in [-0.1, -0.05) is 0 Å². The predicted octanol–water partition coefficient (Wildman–Crippen LogP) is 0.190. The van der Waals surface area contributed by atoms with E-state index in [9.17, 15) is 13.2 Å². The molecule has 0 radical (unpaired) electrons. The fourth-order valence-electron chi connectivity index (χ4n) is 0.867. The Morgan fingerprint density at radius 3 is 2.38 bits per heavy atom. The molecule has 0 spiro atoms. The van der Waals surface area contributed by atoms with Crippen molar-refractivity contribution in [1.82, 2.24) is 4.90 Å². The number of alkyl halides is 3. The minimum absolute atomic E-state index is 0.0861. The quantitative estimate of drug-likeness (QED) is 0.666. The summed E-state index contributed by atoms with van der Waals surface area (Å²) in [5, 5.41) is 8.54. The van der Waals surface area contributed by atoms with Gasteiger partial charge in [-0.15, -0.1) is 0 Å². The number of aliphatic hydroxyl groups excluding tert-OH is 1. The van der Waals surface area contributed by atoms with E-state index in [0.717, 1.165) is 0 Å². The summed E-state index contributed by atoms with van der Waals surface area (Å²) in [6.07, 6.45) is -4.97. The number of aliphatic hydroxyl groups is 1. The van der Waals surface area contributed by atoms with Crippen LogP contribution in [0.3, 0.4) is 0 Å². The second-order valence-electron chi connectivity index (χ2n) is 3.07. The Bertz CT molecular complexity index is 140. The zero-order valence-corrected chi connectivity index (χ0v) is 7.51. The van der Waals surface area contributed by atoms with E-state index < -0.39 is 18.6 Å². The summed E-state index contributed by atoms with van der Waals surface area (Å²) in [4.78, 5) is 1.45. The van der Waals surface area contributed by atoms with Gasteiger partial charge in [-0.2, -0.15) is 13.2 Å². The fraction of sp³-hybridized carbons (Fsp3) is 1.00. The Morgan fingerprint density at radius 2 is 2.00 bits per heavy atom. The van der Waals surface area contributed by atoms with Gasteiger partial charge in [0.1, 0.15) is 0 Å². The Labute approximate surface area is 75.3 Å². The molecule has 0 heterocycles. The molecule has 3 nitrogen and oxygen atoms in total. The van der Waals surface area contributed by atoms with Crippen molar-refractivity contribution >= 4 is 0 Å². The lowest BCUT2D eigenvalue weighted by Crippen LogP contribution is -2.39. The fourth-order valence-corrected chi connectivity index (χ4v) is 0.867. The standard InChI is InChI=1S/C7H15F3N2O/c1-12(4-6(11)5-13)3-2-7(8,9)10/h6,13H,2-5,11H2,1H3. The van der Waals surface area contributed by atoms with Crippen LogP contribution in [0.1, 0.15) is 6.42 Å². The van der Waals surface area contributed by atoms with Crippen LogP contribution in [0.5, 0.6) is 0 Å². The summed E-state index contributed by atoms with van der Waals surface area (Å²) in [6.45, 7) is -0.0276. The van der Waals surface area contributed by atoms with E-state index in [1.54, 1.807) is 7.05 Å². The molecule has 80 valence electrons. The molecule has 0 aliphatic carbocycles. The Balaban J connectivity index is 3.57. The largest absolute Gasteiger partial charge is 0.395 e. The lowest BCUT2D eigenvalue weighted by atomic mass is 10.3. The molecule has 0 aromatic rings. The number of hydrogen-bond acceptors (Lipinski definition) is 3. The number of halogens is 3. The van der Waals surface area contributed by atoms with Crippen LogP contribution in [0.2, 0.25) is 0 Å². The Kier molecular flexibility index (Phi) is 5.27. The normalized spacial score (nSPS) is 15.0. The minimum Gasteiger partial charge on any atom is -0.395 e. The molecule has 1 atom stereocenters. The highest BCUT2D eigenvalue weighted by atomic mass is 19.4. The van der Waals surface area contributed by atoms with E-state index in [2.05, 4.69) is 0 Å². The SMILES string of the molecule is CN(CCC(F)(F)F)CC(N)CO. The second kappa shape index (κ2) is 5.41. The molecule has 0 rings (SSSR count). The number of hydrogen-bond donors (Lipinski definition) is 2. The molecule has 0 amide bonds. The van der Waals surface area contributed by atoms with Crippen molar-refractivity contribution < 1.29 is 18.3 Å². The number of nitrogens with two attached hydrogens (primary N) is 1. The van der Waals surface area contributed by atoms with Gasteiger partial charge in [0, 0.05) is 19.1 Å². The third-order valence-electron chi connectivity index (χ3n) is 1.56. The van der Waals surface area contributed by atoms with Crippen LogP contribution >= 0.6 is 0 Å². The first-order chi connectivity index (χ1) is 5.85.